The average molecular weight is 169 g/mol. The molecule has 0 saturated carbocycles. The van der Waals surface area contributed by atoms with Gasteiger partial charge in [0.25, 0.3) is 0 Å². The van der Waals surface area contributed by atoms with Gasteiger partial charge in [0.05, 0.1) is 6.61 Å². The van der Waals surface area contributed by atoms with Gasteiger partial charge in [-0.2, -0.15) is 0 Å². The van der Waals surface area contributed by atoms with Gasteiger partial charge in [0.1, 0.15) is 0 Å². The van der Waals surface area contributed by atoms with E-state index in [1.165, 1.54) is 0 Å². The molecule has 0 aromatic rings. The lowest BCUT2D eigenvalue weighted by molar-refractivity contribution is -0.208. The number of hydrogen-bond acceptors (Lipinski definition) is 5. The Labute approximate surface area is 59.8 Å². The van der Waals surface area contributed by atoms with Crippen molar-refractivity contribution in [3.8, 4) is 0 Å². The van der Waals surface area contributed by atoms with Gasteiger partial charge >= 0.3 is 0 Å². The molecule has 0 unspecified atom stereocenters. The van der Waals surface area contributed by atoms with Crippen LogP contribution in [0, 0.1) is 0 Å². The monoisotopic (exact) mass is 169 g/mol. The molecule has 0 fully saturated rings. The molecule has 62 valence electrons. The second kappa shape index (κ2) is 4.62. The van der Waals surface area contributed by atoms with E-state index in [9.17, 15) is 13.0 Å². The van der Waals surface area contributed by atoms with Crippen molar-refractivity contribution in [2.45, 2.75) is 19.8 Å². The summed E-state index contributed by atoms with van der Waals surface area (Å²) in [7, 11) is -4.68. The molecular weight excluding hydrogens is 160 g/mol. The minimum absolute atomic E-state index is 0.123. The van der Waals surface area contributed by atoms with Crippen molar-refractivity contribution < 1.29 is 22.2 Å². The van der Waals surface area contributed by atoms with Crippen LogP contribution in [0.3, 0.4) is 0 Å². The van der Waals surface area contributed by atoms with Crippen LogP contribution in [0.25, 0.3) is 0 Å². The minimum atomic E-state index is -4.68. The first kappa shape index (κ1) is 9.83. The molecule has 6 heteroatoms. The van der Waals surface area contributed by atoms with E-state index in [0.29, 0.717) is 6.42 Å². The van der Waals surface area contributed by atoms with Crippen molar-refractivity contribution in [3.05, 3.63) is 0 Å². The van der Waals surface area contributed by atoms with Gasteiger partial charge in [-0.05, 0) is 6.42 Å². The lowest BCUT2D eigenvalue weighted by atomic mass is 10.4. The van der Waals surface area contributed by atoms with E-state index in [4.69, 9.17) is 0 Å². The summed E-state index contributed by atoms with van der Waals surface area (Å²) in [6.45, 7) is 2.02. The summed E-state index contributed by atoms with van der Waals surface area (Å²) >= 11 is 0. The molecule has 5 nitrogen and oxygen atoms in total. The predicted molar refractivity (Wildman–Crippen MR) is 31.6 cm³/mol. The maximum atomic E-state index is 9.69. The van der Waals surface area contributed by atoms with Crippen LogP contribution >= 0.6 is 0 Å². The Morgan fingerprint density at radius 3 is 2.50 bits per heavy atom. The molecule has 0 aliphatic rings. The molecule has 0 amide bonds. The Balaban J connectivity index is 3.21. The molecule has 0 aromatic carbocycles. The Hall–Kier alpha value is -0.170. The third-order valence-corrected chi connectivity index (χ3v) is 0.976. The van der Waals surface area contributed by atoms with Crippen LogP contribution < -0.4 is 0 Å². The largest absolute Gasteiger partial charge is 0.724 e. The molecule has 0 aromatic heterocycles. The lowest BCUT2D eigenvalue weighted by Crippen LogP contribution is -2.05. The topological polar surface area (TPSA) is 75.7 Å². The second-order valence-electron chi connectivity index (χ2n) is 1.65. The highest BCUT2D eigenvalue weighted by Crippen LogP contribution is 1.91. The molecule has 0 saturated heterocycles. The molecule has 0 heterocycles. The lowest BCUT2D eigenvalue weighted by Gasteiger charge is -2.04. The summed E-state index contributed by atoms with van der Waals surface area (Å²) in [6, 6.07) is 0. The van der Waals surface area contributed by atoms with Crippen LogP contribution in [0.5, 0.6) is 0 Å². The molecule has 0 rings (SSSR count). The normalized spacial score (nSPS) is 11.8. The second-order valence-corrected chi connectivity index (χ2v) is 2.60. The van der Waals surface area contributed by atoms with Crippen LogP contribution in [0.2, 0.25) is 0 Å². The smallest absolute Gasteiger partial charge is 0.245 e. The molecule has 0 spiro atoms. The summed E-state index contributed by atoms with van der Waals surface area (Å²) in [5, 5.41) is 0. The van der Waals surface area contributed by atoms with Crippen molar-refractivity contribution in [2.24, 2.45) is 0 Å². The van der Waals surface area contributed by atoms with E-state index in [-0.39, 0.29) is 6.61 Å². The van der Waals surface area contributed by atoms with Gasteiger partial charge in [-0.15, -0.1) is 4.33 Å². The Kier molecular flexibility index (Phi) is 4.54. The SMILES string of the molecule is CCCCOOS(=O)(=O)[O-]. The molecule has 10 heavy (non-hydrogen) atoms. The van der Waals surface area contributed by atoms with Gasteiger partial charge in [0.15, 0.2) is 0 Å². The van der Waals surface area contributed by atoms with Crippen molar-refractivity contribution in [2.75, 3.05) is 6.61 Å². The number of rotatable bonds is 5. The van der Waals surface area contributed by atoms with Crippen molar-refractivity contribution in [1.82, 2.24) is 0 Å². The average Bonchev–Trinajstić information content (AvgIpc) is 1.78. The van der Waals surface area contributed by atoms with Crippen LogP contribution in [0.15, 0.2) is 0 Å². The van der Waals surface area contributed by atoms with Gasteiger partial charge in [-0.25, -0.2) is 13.3 Å². The molecular formula is C4H9O5S-. The number of hydrogen-bond donors (Lipinski definition) is 0. The van der Waals surface area contributed by atoms with Gasteiger partial charge in [-0.3, -0.25) is 0 Å². The van der Waals surface area contributed by atoms with Crippen LogP contribution in [-0.2, 0) is 19.6 Å². The Morgan fingerprint density at radius 2 is 2.10 bits per heavy atom. The standard InChI is InChI=1S/C4H10O5S/c1-2-3-4-8-9-10(5,6)7/h2-4H2,1H3,(H,5,6,7)/p-1. The van der Waals surface area contributed by atoms with Crippen molar-refractivity contribution in [1.29, 1.82) is 0 Å². The molecule has 0 atom stereocenters. The Morgan fingerprint density at radius 1 is 1.50 bits per heavy atom. The highest BCUT2D eigenvalue weighted by molar-refractivity contribution is 7.80. The molecule has 0 bridgehead atoms. The van der Waals surface area contributed by atoms with Gasteiger partial charge in [-0.1, -0.05) is 13.3 Å². The molecule has 0 aliphatic heterocycles. The first-order chi connectivity index (χ1) is 4.56. The van der Waals surface area contributed by atoms with E-state index < -0.39 is 10.4 Å². The van der Waals surface area contributed by atoms with Crippen LogP contribution in [-0.4, -0.2) is 19.6 Å². The van der Waals surface area contributed by atoms with E-state index in [2.05, 4.69) is 9.22 Å². The molecule has 0 N–H and O–H groups in total. The first-order valence-electron chi connectivity index (χ1n) is 2.83. The van der Waals surface area contributed by atoms with E-state index in [1.807, 2.05) is 6.92 Å². The van der Waals surface area contributed by atoms with Crippen LogP contribution in [0.4, 0.5) is 0 Å². The van der Waals surface area contributed by atoms with Crippen LogP contribution in [0.1, 0.15) is 19.8 Å². The molecule has 0 aliphatic carbocycles. The van der Waals surface area contributed by atoms with Crippen molar-refractivity contribution in [3.63, 3.8) is 0 Å². The van der Waals surface area contributed by atoms with Crippen molar-refractivity contribution >= 4 is 10.4 Å². The quantitative estimate of drug-likeness (QED) is 0.193. The van der Waals surface area contributed by atoms with Gasteiger partial charge in [0, 0.05) is 0 Å². The highest BCUT2D eigenvalue weighted by atomic mass is 32.3. The van der Waals surface area contributed by atoms with Gasteiger partial charge in [0.2, 0.25) is 10.4 Å². The summed E-state index contributed by atoms with van der Waals surface area (Å²) in [5.41, 5.74) is 0. The van der Waals surface area contributed by atoms with E-state index in [0.717, 1.165) is 6.42 Å². The third kappa shape index (κ3) is 7.83. The fraction of sp³-hybridized carbons (Fsp3) is 1.00. The fourth-order valence-electron chi connectivity index (χ4n) is 0.296. The minimum Gasteiger partial charge on any atom is -0.724 e. The summed E-state index contributed by atoms with van der Waals surface area (Å²) in [4.78, 5) is 4.04. The Bertz CT molecular complexity index is 160. The van der Waals surface area contributed by atoms with E-state index >= 15 is 0 Å². The van der Waals surface area contributed by atoms with Gasteiger partial charge < -0.3 is 4.55 Å². The summed E-state index contributed by atoms with van der Waals surface area (Å²) < 4.78 is 32.5. The highest BCUT2D eigenvalue weighted by Gasteiger charge is 1.93. The summed E-state index contributed by atoms with van der Waals surface area (Å²) in [5.74, 6) is 0. The number of unbranched alkanes of at least 4 members (excludes halogenated alkanes) is 1. The zero-order valence-corrected chi connectivity index (χ0v) is 6.39. The zero-order chi connectivity index (χ0) is 8.04. The summed E-state index contributed by atoms with van der Waals surface area (Å²) in [6.07, 6.45) is 1.51. The zero-order valence-electron chi connectivity index (χ0n) is 5.57. The maximum Gasteiger partial charge on any atom is 0.245 e. The maximum absolute atomic E-state index is 9.69. The predicted octanol–water partition coefficient (Wildman–Crippen LogP) is 0.195. The fourth-order valence-corrected chi connectivity index (χ4v) is 0.482. The third-order valence-electron chi connectivity index (χ3n) is 0.713. The molecule has 0 radical (unpaired) electrons. The first-order valence-corrected chi connectivity index (χ1v) is 4.16. The van der Waals surface area contributed by atoms with E-state index in [1.54, 1.807) is 0 Å².